The van der Waals surface area contributed by atoms with Gasteiger partial charge in [-0.3, -0.25) is 19.8 Å². The molecule has 2 aromatic rings. The molecule has 29 heavy (non-hydrogen) atoms. The molecule has 0 bridgehead atoms. The maximum Gasteiger partial charge on any atom is 0.270 e. The van der Waals surface area contributed by atoms with Crippen molar-refractivity contribution >= 4 is 17.3 Å². The van der Waals surface area contributed by atoms with E-state index in [-0.39, 0.29) is 32.2 Å². The molecule has 0 saturated heterocycles. The van der Waals surface area contributed by atoms with Crippen LogP contribution in [-0.4, -0.2) is 35.6 Å². The Hall–Kier alpha value is -3.11. The number of nitro benzene ring substituents is 1. The molecule has 0 unspecified atom stereocenters. The number of anilines is 1. The van der Waals surface area contributed by atoms with E-state index in [2.05, 4.69) is 5.32 Å². The fourth-order valence-electron chi connectivity index (χ4n) is 3.02. The molecule has 154 valence electrons. The van der Waals surface area contributed by atoms with Crippen molar-refractivity contribution in [2.45, 2.75) is 20.1 Å². The summed E-state index contributed by atoms with van der Waals surface area (Å²) in [5, 5.41) is 13.4. The lowest BCUT2D eigenvalue weighted by molar-refractivity contribution is -0.385. The Morgan fingerprint density at radius 1 is 1.31 bits per heavy atom. The molecule has 0 atom stereocenters. The van der Waals surface area contributed by atoms with Crippen molar-refractivity contribution in [1.82, 2.24) is 4.90 Å². The fourth-order valence-corrected chi connectivity index (χ4v) is 3.02. The molecule has 3 rings (SSSR count). The summed E-state index contributed by atoms with van der Waals surface area (Å²) in [4.78, 5) is 24.7. The van der Waals surface area contributed by atoms with Crippen molar-refractivity contribution < 1.29 is 28.0 Å². The highest BCUT2D eigenvalue weighted by molar-refractivity contribution is 5.92. The molecule has 0 aromatic heterocycles. The summed E-state index contributed by atoms with van der Waals surface area (Å²) in [5.74, 6) is -1.87. The van der Waals surface area contributed by atoms with E-state index in [0.29, 0.717) is 23.4 Å². The number of para-hydroxylation sites is 1. The Kier molecular flexibility index (Phi) is 6.35. The zero-order valence-corrected chi connectivity index (χ0v) is 15.6. The van der Waals surface area contributed by atoms with Gasteiger partial charge in [0.2, 0.25) is 5.91 Å². The molecule has 8 nitrogen and oxygen atoms in total. The lowest BCUT2D eigenvalue weighted by Crippen LogP contribution is -2.33. The van der Waals surface area contributed by atoms with Crippen LogP contribution < -0.4 is 10.1 Å². The van der Waals surface area contributed by atoms with Crippen LogP contribution in [0.2, 0.25) is 0 Å². The number of amides is 1. The summed E-state index contributed by atoms with van der Waals surface area (Å²) in [5.41, 5.74) is 0.460. The van der Waals surface area contributed by atoms with Crippen LogP contribution >= 0.6 is 0 Å². The molecular weight excluding hydrogens is 388 g/mol. The fraction of sp³-hybridized carbons (Fsp3) is 0.316. The minimum atomic E-state index is -0.873. The van der Waals surface area contributed by atoms with Crippen molar-refractivity contribution in [3.63, 3.8) is 0 Å². The van der Waals surface area contributed by atoms with Gasteiger partial charge in [0.15, 0.2) is 6.79 Å². The van der Waals surface area contributed by atoms with Gasteiger partial charge in [-0.05, 0) is 18.7 Å². The molecule has 0 aliphatic carbocycles. The van der Waals surface area contributed by atoms with Crippen LogP contribution in [0.4, 0.5) is 20.2 Å². The van der Waals surface area contributed by atoms with E-state index in [4.69, 9.17) is 9.47 Å². The smallest absolute Gasteiger partial charge is 0.270 e. The second-order valence-electron chi connectivity index (χ2n) is 6.41. The number of nitro groups is 1. The van der Waals surface area contributed by atoms with Crippen LogP contribution in [0, 0.1) is 21.7 Å². The van der Waals surface area contributed by atoms with Crippen molar-refractivity contribution in [1.29, 1.82) is 0 Å². The van der Waals surface area contributed by atoms with Gasteiger partial charge in [0.1, 0.15) is 23.1 Å². The summed E-state index contributed by atoms with van der Waals surface area (Å²) >= 11 is 0. The zero-order valence-electron chi connectivity index (χ0n) is 15.6. The van der Waals surface area contributed by atoms with E-state index in [1.807, 2.05) is 0 Å². The maximum absolute atomic E-state index is 13.7. The van der Waals surface area contributed by atoms with Crippen LogP contribution in [0.15, 0.2) is 30.3 Å². The van der Waals surface area contributed by atoms with E-state index < -0.39 is 28.2 Å². The Bertz CT molecular complexity index is 918. The minimum absolute atomic E-state index is 0.0248. The van der Waals surface area contributed by atoms with Crippen LogP contribution in [-0.2, 0) is 22.7 Å². The van der Waals surface area contributed by atoms with Gasteiger partial charge in [-0.1, -0.05) is 13.0 Å². The summed E-state index contributed by atoms with van der Waals surface area (Å²) < 4.78 is 38.1. The monoisotopic (exact) mass is 407 g/mol. The molecule has 1 amide bonds. The highest BCUT2D eigenvalue weighted by atomic mass is 19.1. The van der Waals surface area contributed by atoms with Crippen LogP contribution in [0.1, 0.15) is 18.1 Å². The number of nitrogens with one attached hydrogen (secondary N) is 1. The standard InChI is InChI=1S/C19H19F2N3O5/c1-2-23(9-17(25)22-18-15(20)4-3-5-16(18)21)8-12-6-14(24(26)27)7-13-10-28-11-29-19(12)13/h3-7H,2,8-11H2,1H3,(H,22,25). The number of hydrogen-bond acceptors (Lipinski definition) is 6. The number of non-ortho nitro benzene ring substituents is 1. The molecule has 1 heterocycles. The van der Waals surface area contributed by atoms with Gasteiger partial charge >= 0.3 is 0 Å². The van der Waals surface area contributed by atoms with Crippen LogP contribution in [0.25, 0.3) is 0 Å². The van der Waals surface area contributed by atoms with E-state index >= 15 is 0 Å². The molecule has 0 radical (unpaired) electrons. The lowest BCUT2D eigenvalue weighted by atomic mass is 10.1. The first kappa shape index (κ1) is 20.6. The number of nitrogens with zero attached hydrogens (tertiary/aromatic N) is 2. The molecule has 1 N–H and O–H groups in total. The van der Waals surface area contributed by atoms with Gasteiger partial charge in [-0.15, -0.1) is 0 Å². The molecule has 1 aliphatic heterocycles. The second-order valence-corrected chi connectivity index (χ2v) is 6.41. The van der Waals surface area contributed by atoms with Crippen molar-refractivity contribution in [2.75, 3.05) is 25.2 Å². The number of hydrogen-bond donors (Lipinski definition) is 1. The number of carbonyl (C=O) groups is 1. The van der Waals surface area contributed by atoms with Gasteiger partial charge in [-0.25, -0.2) is 8.78 Å². The topological polar surface area (TPSA) is 93.9 Å². The van der Waals surface area contributed by atoms with Crippen LogP contribution in [0.5, 0.6) is 5.75 Å². The third kappa shape index (κ3) is 4.84. The van der Waals surface area contributed by atoms with E-state index in [1.54, 1.807) is 11.8 Å². The number of carbonyl (C=O) groups excluding carboxylic acids is 1. The first-order valence-electron chi connectivity index (χ1n) is 8.86. The first-order chi connectivity index (χ1) is 13.9. The number of likely N-dealkylation sites (N-methyl/N-ethyl adjacent to an activating group) is 1. The van der Waals surface area contributed by atoms with E-state index in [1.165, 1.54) is 18.2 Å². The molecule has 1 aliphatic rings. The number of fused-ring (bicyclic) bond motifs is 1. The summed E-state index contributed by atoms with van der Waals surface area (Å²) in [7, 11) is 0. The Morgan fingerprint density at radius 2 is 2.03 bits per heavy atom. The molecule has 0 fully saturated rings. The third-order valence-corrected chi connectivity index (χ3v) is 4.42. The summed E-state index contributed by atoms with van der Waals surface area (Å²) in [6.07, 6.45) is 0. The van der Waals surface area contributed by atoms with Gasteiger partial charge in [0.05, 0.1) is 18.1 Å². The predicted molar refractivity (Wildman–Crippen MR) is 99.3 cm³/mol. The number of rotatable bonds is 7. The number of ether oxygens (including phenoxy) is 2. The van der Waals surface area contributed by atoms with E-state index in [0.717, 1.165) is 12.1 Å². The molecule has 0 saturated carbocycles. The number of halogens is 2. The Morgan fingerprint density at radius 3 is 2.69 bits per heavy atom. The van der Waals surface area contributed by atoms with Crippen molar-refractivity contribution in [3.05, 3.63) is 63.2 Å². The van der Waals surface area contributed by atoms with Gasteiger partial charge < -0.3 is 14.8 Å². The van der Waals surface area contributed by atoms with Gasteiger partial charge in [-0.2, -0.15) is 0 Å². The van der Waals surface area contributed by atoms with E-state index in [9.17, 15) is 23.7 Å². The van der Waals surface area contributed by atoms with Crippen molar-refractivity contribution in [3.8, 4) is 5.75 Å². The van der Waals surface area contributed by atoms with Crippen LogP contribution in [0.3, 0.4) is 0 Å². The summed E-state index contributed by atoms with van der Waals surface area (Å²) in [6, 6.07) is 6.08. The SMILES string of the molecule is CCN(CC(=O)Nc1c(F)cccc1F)Cc1cc([N+](=O)[O-])cc2c1OCOC2. The van der Waals surface area contributed by atoms with Crippen molar-refractivity contribution in [2.24, 2.45) is 0 Å². The Balaban J connectivity index is 1.77. The molecule has 0 spiro atoms. The lowest BCUT2D eigenvalue weighted by Gasteiger charge is -2.24. The third-order valence-electron chi connectivity index (χ3n) is 4.42. The Labute approximate surface area is 165 Å². The highest BCUT2D eigenvalue weighted by Gasteiger charge is 2.23. The van der Waals surface area contributed by atoms with Gasteiger partial charge in [0.25, 0.3) is 5.69 Å². The maximum atomic E-state index is 13.7. The molecular formula is C19H19F2N3O5. The predicted octanol–water partition coefficient (Wildman–Crippen LogP) is 3.20. The molecule has 2 aromatic carbocycles. The first-order valence-corrected chi connectivity index (χ1v) is 8.86. The largest absolute Gasteiger partial charge is 0.467 e. The highest BCUT2D eigenvalue weighted by Crippen LogP contribution is 2.33. The quantitative estimate of drug-likeness (QED) is 0.560. The zero-order chi connectivity index (χ0) is 21.0. The number of benzene rings is 2. The van der Waals surface area contributed by atoms with Gasteiger partial charge in [0, 0.05) is 29.8 Å². The second kappa shape index (κ2) is 8.93. The minimum Gasteiger partial charge on any atom is -0.467 e. The average molecular weight is 407 g/mol. The average Bonchev–Trinajstić information content (AvgIpc) is 2.70. The normalized spacial score (nSPS) is 13.0. The summed E-state index contributed by atoms with van der Waals surface area (Å²) in [6.45, 7) is 2.43. The molecule has 10 heteroatoms.